The average Bonchev–Trinajstić information content (AvgIpc) is 2.32. The van der Waals surface area contributed by atoms with E-state index >= 15 is 0 Å². The molecule has 0 aromatic rings. The van der Waals surface area contributed by atoms with Crippen LogP contribution in [0, 0.1) is 0 Å². The first-order valence-electron chi connectivity index (χ1n) is 7.17. The van der Waals surface area contributed by atoms with Gasteiger partial charge >= 0.3 is 6.09 Å². The second-order valence-electron chi connectivity index (χ2n) is 6.80. The van der Waals surface area contributed by atoms with Crippen molar-refractivity contribution < 1.29 is 14.3 Å². The van der Waals surface area contributed by atoms with Crippen LogP contribution >= 0.6 is 0 Å². The number of carbonyl (C=O) groups is 1. The molecule has 2 aliphatic heterocycles. The molecule has 5 heteroatoms. The van der Waals surface area contributed by atoms with E-state index in [1.54, 1.807) is 4.90 Å². The number of likely N-dealkylation sites (tertiary alicyclic amines) is 1. The Kier molecular flexibility index (Phi) is 4.06. The summed E-state index contributed by atoms with van der Waals surface area (Å²) >= 11 is 0. The van der Waals surface area contributed by atoms with Crippen molar-refractivity contribution in [3.05, 3.63) is 0 Å². The monoisotopic (exact) mass is 270 g/mol. The maximum absolute atomic E-state index is 12.1. The third-order valence-electron chi connectivity index (χ3n) is 3.77. The van der Waals surface area contributed by atoms with Crippen LogP contribution in [0.15, 0.2) is 0 Å². The highest BCUT2D eigenvalue weighted by Crippen LogP contribution is 2.33. The summed E-state index contributed by atoms with van der Waals surface area (Å²) in [5.41, 5.74) is 5.24. The molecular formula is C14H26N2O3. The van der Waals surface area contributed by atoms with Crippen LogP contribution in [0.2, 0.25) is 0 Å². The smallest absolute Gasteiger partial charge is 0.410 e. The van der Waals surface area contributed by atoms with E-state index in [1.807, 2.05) is 20.8 Å². The Morgan fingerprint density at radius 1 is 1.42 bits per heavy atom. The van der Waals surface area contributed by atoms with E-state index in [9.17, 15) is 4.79 Å². The molecule has 2 unspecified atom stereocenters. The lowest BCUT2D eigenvalue weighted by molar-refractivity contribution is -0.120. The van der Waals surface area contributed by atoms with Crippen LogP contribution in [0.3, 0.4) is 0 Å². The van der Waals surface area contributed by atoms with Crippen molar-refractivity contribution in [3.63, 3.8) is 0 Å². The van der Waals surface area contributed by atoms with Gasteiger partial charge in [0.2, 0.25) is 0 Å². The van der Waals surface area contributed by atoms with Gasteiger partial charge in [-0.3, -0.25) is 0 Å². The molecule has 2 atom stereocenters. The van der Waals surface area contributed by atoms with Gasteiger partial charge in [-0.25, -0.2) is 4.79 Å². The zero-order valence-corrected chi connectivity index (χ0v) is 12.3. The van der Waals surface area contributed by atoms with Crippen molar-refractivity contribution in [2.75, 3.05) is 19.7 Å². The fourth-order valence-electron chi connectivity index (χ4n) is 2.79. The first-order valence-corrected chi connectivity index (χ1v) is 7.17. The van der Waals surface area contributed by atoms with E-state index in [0.29, 0.717) is 13.2 Å². The third kappa shape index (κ3) is 3.83. The quantitative estimate of drug-likeness (QED) is 0.730. The summed E-state index contributed by atoms with van der Waals surface area (Å²) in [6.45, 7) is 7.66. The average molecular weight is 270 g/mol. The van der Waals surface area contributed by atoms with Gasteiger partial charge in [0.15, 0.2) is 0 Å². The summed E-state index contributed by atoms with van der Waals surface area (Å²) in [6, 6.07) is 0.141. The van der Waals surface area contributed by atoms with Crippen LogP contribution in [-0.4, -0.2) is 47.9 Å². The van der Waals surface area contributed by atoms with Gasteiger partial charge in [-0.1, -0.05) is 0 Å². The molecule has 0 radical (unpaired) electrons. The van der Waals surface area contributed by atoms with E-state index in [-0.39, 0.29) is 17.7 Å². The van der Waals surface area contributed by atoms with E-state index in [4.69, 9.17) is 15.2 Å². The van der Waals surface area contributed by atoms with E-state index in [0.717, 1.165) is 32.2 Å². The van der Waals surface area contributed by atoms with Gasteiger partial charge in [0.1, 0.15) is 5.60 Å². The number of nitrogens with zero attached hydrogens (tertiary/aromatic N) is 1. The molecule has 0 bridgehead atoms. The van der Waals surface area contributed by atoms with Crippen LogP contribution in [-0.2, 0) is 9.47 Å². The fraction of sp³-hybridized carbons (Fsp3) is 0.929. The van der Waals surface area contributed by atoms with Gasteiger partial charge in [0.05, 0.1) is 18.8 Å². The minimum absolute atomic E-state index is 0.141. The van der Waals surface area contributed by atoms with Crippen LogP contribution < -0.4 is 5.73 Å². The van der Waals surface area contributed by atoms with E-state index in [2.05, 4.69) is 0 Å². The Bertz CT molecular complexity index is 330. The lowest BCUT2D eigenvalue weighted by atomic mass is 9.85. The number of hydrogen-bond acceptors (Lipinski definition) is 4. The largest absolute Gasteiger partial charge is 0.444 e. The maximum Gasteiger partial charge on any atom is 0.410 e. The van der Waals surface area contributed by atoms with Gasteiger partial charge in [-0.05, 0) is 46.5 Å². The number of nitrogens with two attached hydrogens (primary N) is 1. The number of ether oxygens (including phenoxy) is 2. The third-order valence-corrected chi connectivity index (χ3v) is 3.77. The summed E-state index contributed by atoms with van der Waals surface area (Å²) in [4.78, 5) is 13.9. The van der Waals surface area contributed by atoms with Crippen LogP contribution in [0.25, 0.3) is 0 Å². The number of rotatable bonds is 0. The molecule has 1 spiro atoms. The molecule has 110 valence electrons. The van der Waals surface area contributed by atoms with E-state index in [1.165, 1.54) is 0 Å². The number of amides is 1. The molecule has 2 heterocycles. The summed E-state index contributed by atoms with van der Waals surface area (Å²) in [6.07, 6.45) is 3.66. The van der Waals surface area contributed by atoms with Gasteiger partial charge in [-0.15, -0.1) is 0 Å². The Morgan fingerprint density at radius 2 is 2.16 bits per heavy atom. The molecule has 2 fully saturated rings. The standard InChI is InChI=1S/C14H26N2O3/c1-13(2,3)19-12(17)16-8-4-6-14(10-16)7-5-11(15)9-18-14/h11H,4-10,15H2,1-3H3. The number of hydrogen-bond donors (Lipinski definition) is 1. The number of piperidine rings is 1. The number of carbonyl (C=O) groups excluding carboxylic acids is 1. The highest BCUT2D eigenvalue weighted by Gasteiger charge is 2.41. The predicted octanol–water partition coefficient (Wildman–Crippen LogP) is 1.89. The van der Waals surface area contributed by atoms with Crippen LogP contribution in [0.1, 0.15) is 46.5 Å². The molecule has 2 saturated heterocycles. The van der Waals surface area contributed by atoms with Crippen molar-refractivity contribution in [3.8, 4) is 0 Å². The summed E-state index contributed by atoms with van der Waals surface area (Å²) < 4.78 is 11.4. The van der Waals surface area contributed by atoms with Gasteiger partial charge in [0.25, 0.3) is 0 Å². The molecule has 0 aliphatic carbocycles. The van der Waals surface area contributed by atoms with Crippen molar-refractivity contribution in [1.29, 1.82) is 0 Å². The minimum atomic E-state index is -0.447. The lowest BCUT2D eigenvalue weighted by Crippen LogP contribution is -2.56. The molecule has 0 saturated carbocycles. The van der Waals surface area contributed by atoms with Gasteiger partial charge in [0, 0.05) is 12.6 Å². The van der Waals surface area contributed by atoms with Crippen LogP contribution in [0.4, 0.5) is 4.79 Å². The zero-order chi connectivity index (χ0) is 14.1. The zero-order valence-electron chi connectivity index (χ0n) is 12.3. The molecule has 2 N–H and O–H groups in total. The summed E-state index contributed by atoms with van der Waals surface area (Å²) in [5, 5.41) is 0. The molecule has 19 heavy (non-hydrogen) atoms. The molecule has 2 rings (SSSR count). The highest BCUT2D eigenvalue weighted by molar-refractivity contribution is 5.68. The van der Waals surface area contributed by atoms with Crippen molar-refractivity contribution in [1.82, 2.24) is 4.90 Å². The Labute approximate surface area is 115 Å². The second-order valence-corrected chi connectivity index (χ2v) is 6.80. The van der Waals surface area contributed by atoms with Gasteiger partial charge < -0.3 is 20.1 Å². The second kappa shape index (κ2) is 5.29. The van der Waals surface area contributed by atoms with Crippen LogP contribution in [0.5, 0.6) is 0 Å². The van der Waals surface area contributed by atoms with Gasteiger partial charge in [-0.2, -0.15) is 0 Å². The maximum atomic E-state index is 12.1. The lowest BCUT2D eigenvalue weighted by Gasteiger charge is -2.46. The summed E-state index contributed by atoms with van der Waals surface area (Å²) in [7, 11) is 0. The minimum Gasteiger partial charge on any atom is -0.444 e. The highest BCUT2D eigenvalue weighted by atomic mass is 16.6. The molecule has 1 amide bonds. The van der Waals surface area contributed by atoms with Crippen molar-refractivity contribution in [2.45, 2.75) is 63.7 Å². The molecular weight excluding hydrogens is 244 g/mol. The SMILES string of the molecule is CC(C)(C)OC(=O)N1CCCC2(CCC(N)CO2)C1. The topological polar surface area (TPSA) is 64.8 Å². The predicted molar refractivity (Wildman–Crippen MR) is 72.9 cm³/mol. The Balaban J connectivity index is 1.95. The molecule has 5 nitrogen and oxygen atoms in total. The first kappa shape index (κ1) is 14.6. The van der Waals surface area contributed by atoms with Crippen molar-refractivity contribution in [2.24, 2.45) is 5.73 Å². The normalized spacial score (nSPS) is 32.4. The molecule has 2 aliphatic rings. The fourth-order valence-corrected chi connectivity index (χ4v) is 2.79. The molecule has 0 aromatic carbocycles. The summed E-state index contributed by atoms with van der Waals surface area (Å²) in [5.74, 6) is 0. The molecule has 0 aromatic heterocycles. The van der Waals surface area contributed by atoms with Crippen molar-refractivity contribution >= 4 is 6.09 Å². The van der Waals surface area contributed by atoms with E-state index < -0.39 is 5.60 Å². The Hall–Kier alpha value is -0.810. The Morgan fingerprint density at radius 3 is 2.74 bits per heavy atom. The first-order chi connectivity index (χ1) is 8.80.